The average Bonchev–Trinajstić information content (AvgIpc) is 3.06. The first-order chi connectivity index (χ1) is 13.9. The van der Waals surface area contributed by atoms with E-state index in [1.165, 1.54) is 0 Å². The molecule has 0 unspecified atom stereocenters. The molecule has 1 aromatic carbocycles. The van der Waals surface area contributed by atoms with Crippen molar-refractivity contribution in [3.8, 4) is 17.1 Å². The molecule has 1 aromatic heterocycles. The van der Waals surface area contributed by atoms with Gasteiger partial charge in [-0.2, -0.15) is 0 Å². The van der Waals surface area contributed by atoms with Crippen molar-refractivity contribution >= 4 is 24.1 Å². The van der Waals surface area contributed by atoms with Crippen LogP contribution < -0.4 is 10.6 Å². The number of para-hydroxylation sites is 1. The molecule has 0 spiro atoms. The maximum atomic E-state index is 12.8. The van der Waals surface area contributed by atoms with Gasteiger partial charge in [-0.15, -0.1) is 12.4 Å². The summed E-state index contributed by atoms with van der Waals surface area (Å²) in [6.45, 7) is 4.46. The summed E-state index contributed by atoms with van der Waals surface area (Å²) in [5.41, 5.74) is 7.28. The first-order valence-electron chi connectivity index (χ1n) is 10.0. The molecule has 162 valence electrons. The fourth-order valence-corrected chi connectivity index (χ4v) is 4.16. The van der Waals surface area contributed by atoms with E-state index in [0.29, 0.717) is 50.4 Å². The van der Waals surface area contributed by atoms with Crippen LogP contribution in [-0.2, 0) is 4.79 Å². The van der Waals surface area contributed by atoms with Crippen LogP contribution >= 0.6 is 12.4 Å². The molecule has 1 aliphatic carbocycles. The molecule has 2 fully saturated rings. The molecule has 30 heavy (non-hydrogen) atoms. The van der Waals surface area contributed by atoms with E-state index in [9.17, 15) is 15.0 Å². The molecule has 4 N–H and O–H groups in total. The van der Waals surface area contributed by atoms with Crippen molar-refractivity contribution in [1.82, 2.24) is 14.9 Å². The molecule has 2 heterocycles. The average molecular weight is 434 g/mol. The molecule has 3 atom stereocenters. The van der Waals surface area contributed by atoms with E-state index in [0.717, 1.165) is 11.5 Å². The lowest BCUT2D eigenvalue weighted by atomic mass is 10.1. The molecule has 8 nitrogen and oxygen atoms in total. The number of phenols is 1. The van der Waals surface area contributed by atoms with Crippen LogP contribution in [0.1, 0.15) is 18.5 Å². The van der Waals surface area contributed by atoms with Crippen LogP contribution in [0.3, 0.4) is 0 Å². The predicted octanol–water partition coefficient (Wildman–Crippen LogP) is 1.33. The van der Waals surface area contributed by atoms with Crippen molar-refractivity contribution in [2.24, 2.45) is 11.7 Å². The Morgan fingerprint density at radius 2 is 1.83 bits per heavy atom. The summed E-state index contributed by atoms with van der Waals surface area (Å²) in [5.74, 6) is 1.34. The Morgan fingerprint density at radius 3 is 2.47 bits per heavy atom. The number of hydrogen-bond acceptors (Lipinski definition) is 7. The molecule has 2 aromatic rings. The number of benzene rings is 1. The normalized spacial score (nSPS) is 23.9. The lowest BCUT2D eigenvalue weighted by Gasteiger charge is -2.36. The second-order valence-electron chi connectivity index (χ2n) is 7.92. The number of nitrogens with zero attached hydrogens (tertiary/aromatic N) is 4. The third kappa shape index (κ3) is 4.50. The van der Waals surface area contributed by atoms with Crippen molar-refractivity contribution in [1.29, 1.82) is 0 Å². The van der Waals surface area contributed by atoms with E-state index in [1.807, 2.05) is 24.0 Å². The molecule has 4 rings (SSSR count). The van der Waals surface area contributed by atoms with Gasteiger partial charge in [0.1, 0.15) is 11.6 Å². The number of carbonyl (C=O) groups excluding carboxylic acids is 1. The minimum Gasteiger partial charge on any atom is -0.507 e. The highest BCUT2D eigenvalue weighted by Gasteiger charge is 2.37. The number of aryl methyl sites for hydroxylation is 1. The van der Waals surface area contributed by atoms with E-state index in [1.54, 1.807) is 18.2 Å². The highest BCUT2D eigenvalue weighted by atomic mass is 35.5. The fraction of sp³-hybridized carbons (Fsp3) is 0.476. The Balaban J connectivity index is 0.00000256. The number of anilines is 1. The molecule has 1 saturated heterocycles. The Bertz CT molecular complexity index is 894. The molecule has 9 heteroatoms. The van der Waals surface area contributed by atoms with E-state index < -0.39 is 6.10 Å². The number of aliphatic hydroxyl groups is 1. The van der Waals surface area contributed by atoms with Gasteiger partial charge in [0, 0.05) is 49.9 Å². The monoisotopic (exact) mass is 433 g/mol. The quantitative estimate of drug-likeness (QED) is 0.668. The number of halogens is 1. The number of carbonyl (C=O) groups is 1. The number of aliphatic hydroxyl groups excluding tert-OH is 1. The summed E-state index contributed by atoms with van der Waals surface area (Å²) < 4.78 is 0. The largest absolute Gasteiger partial charge is 0.507 e. The lowest BCUT2D eigenvalue weighted by molar-refractivity contribution is -0.135. The Kier molecular flexibility index (Phi) is 6.80. The molecular weight excluding hydrogens is 406 g/mol. The Labute approximate surface area is 182 Å². The zero-order chi connectivity index (χ0) is 20.5. The summed E-state index contributed by atoms with van der Waals surface area (Å²) in [5, 5.41) is 20.0. The number of hydrogen-bond donors (Lipinski definition) is 3. The van der Waals surface area contributed by atoms with Gasteiger partial charge >= 0.3 is 0 Å². The number of aromatic nitrogens is 2. The molecule has 0 radical (unpaired) electrons. The SMILES string of the molecule is Cc1cc(N2CCN(C(=O)[C@H]3C[C@@H](N)[C@H](O)C3)CC2)nc(-c2ccccc2O)n1.Cl. The van der Waals surface area contributed by atoms with Gasteiger partial charge < -0.3 is 25.7 Å². The van der Waals surface area contributed by atoms with Gasteiger partial charge in [0.05, 0.1) is 11.7 Å². The van der Waals surface area contributed by atoms with Crippen molar-refractivity contribution in [3.05, 3.63) is 36.0 Å². The topological polar surface area (TPSA) is 116 Å². The van der Waals surface area contributed by atoms with Crippen LogP contribution in [-0.4, -0.2) is 69.3 Å². The van der Waals surface area contributed by atoms with Gasteiger partial charge in [-0.05, 0) is 31.9 Å². The van der Waals surface area contributed by atoms with Crippen molar-refractivity contribution in [2.45, 2.75) is 31.9 Å². The third-order valence-corrected chi connectivity index (χ3v) is 5.83. The van der Waals surface area contributed by atoms with Crippen molar-refractivity contribution in [3.63, 3.8) is 0 Å². The third-order valence-electron chi connectivity index (χ3n) is 5.83. The minimum atomic E-state index is -0.581. The smallest absolute Gasteiger partial charge is 0.225 e. The maximum Gasteiger partial charge on any atom is 0.225 e. The van der Waals surface area contributed by atoms with E-state index in [-0.39, 0.29) is 36.0 Å². The summed E-state index contributed by atoms with van der Waals surface area (Å²) in [6, 6.07) is 8.65. The van der Waals surface area contributed by atoms with Gasteiger partial charge in [-0.3, -0.25) is 4.79 Å². The van der Waals surface area contributed by atoms with Gasteiger partial charge in [-0.1, -0.05) is 12.1 Å². The maximum absolute atomic E-state index is 12.8. The first-order valence-corrected chi connectivity index (χ1v) is 10.0. The summed E-state index contributed by atoms with van der Waals surface area (Å²) in [6.07, 6.45) is 0.423. The van der Waals surface area contributed by atoms with Crippen LogP contribution in [0.2, 0.25) is 0 Å². The number of rotatable bonds is 3. The highest BCUT2D eigenvalue weighted by Crippen LogP contribution is 2.29. The number of amides is 1. The molecule has 2 aliphatic rings. The zero-order valence-electron chi connectivity index (χ0n) is 16.9. The number of phenolic OH excluding ortho intramolecular Hbond substituents is 1. The Morgan fingerprint density at radius 1 is 1.13 bits per heavy atom. The molecular formula is C21H28ClN5O3. The van der Waals surface area contributed by atoms with E-state index in [4.69, 9.17) is 5.73 Å². The van der Waals surface area contributed by atoms with Crippen LogP contribution in [0, 0.1) is 12.8 Å². The van der Waals surface area contributed by atoms with Crippen molar-refractivity contribution in [2.75, 3.05) is 31.1 Å². The summed E-state index contributed by atoms with van der Waals surface area (Å²) >= 11 is 0. The van der Waals surface area contributed by atoms with Gasteiger partial charge in [0.15, 0.2) is 5.82 Å². The molecule has 1 saturated carbocycles. The summed E-state index contributed by atoms with van der Waals surface area (Å²) in [7, 11) is 0. The second-order valence-corrected chi connectivity index (χ2v) is 7.92. The van der Waals surface area contributed by atoms with Crippen LogP contribution in [0.5, 0.6) is 5.75 Å². The summed E-state index contributed by atoms with van der Waals surface area (Å²) in [4.78, 5) is 25.9. The van der Waals surface area contributed by atoms with E-state index >= 15 is 0 Å². The fourth-order valence-electron chi connectivity index (χ4n) is 4.16. The molecule has 1 aliphatic heterocycles. The van der Waals surface area contributed by atoms with E-state index in [2.05, 4.69) is 14.9 Å². The highest BCUT2D eigenvalue weighted by molar-refractivity contribution is 5.85. The van der Waals surface area contributed by atoms with Gasteiger partial charge in [0.2, 0.25) is 5.91 Å². The number of aromatic hydroxyl groups is 1. The van der Waals surface area contributed by atoms with Crippen LogP contribution in [0.25, 0.3) is 11.4 Å². The zero-order valence-corrected chi connectivity index (χ0v) is 17.8. The van der Waals surface area contributed by atoms with Crippen molar-refractivity contribution < 1.29 is 15.0 Å². The number of piperazine rings is 1. The number of nitrogens with two attached hydrogens (primary N) is 1. The first kappa shape index (κ1) is 22.3. The minimum absolute atomic E-state index is 0. The van der Waals surface area contributed by atoms with Gasteiger partial charge in [0.25, 0.3) is 0 Å². The standard InChI is InChI=1S/C21H27N5O3.ClH/c1-13-10-19(24-20(23-13)15-4-2-3-5-17(15)27)25-6-8-26(9-7-25)21(29)14-11-16(22)18(28)12-14;/h2-5,10,14,16,18,27-28H,6-9,11-12,22H2,1H3;1H/t14-,16+,18+;/m0./s1. The second kappa shape index (κ2) is 9.16. The Hall–Kier alpha value is -2.42. The van der Waals surface area contributed by atoms with Crippen LogP contribution in [0.15, 0.2) is 30.3 Å². The molecule has 0 bridgehead atoms. The van der Waals surface area contributed by atoms with Gasteiger partial charge in [-0.25, -0.2) is 9.97 Å². The lowest BCUT2D eigenvalue weighted by Crippen LogP contribution is -2.50. The predicted molar refractivity (Wildman–Crippen MR) is 117 cm³/mol. The van der Waals surface area contributed by atoms with Crippen LogP contribution in [0.4, 0.5) is 5.82 Å². The molecule has 1 amide bonds.